The number of hydrogen-bond acceptors (Lipinski definition) is 4. The highest BCUT2D eigenvalue weighted by Gasteiger charge is 2.35. The van der Waals surface area contributed by atoms with Crippen molar-refractivity contribution in [1.29, 1.82) is 0 Å². The van der Waals surface area contributed by atoms with Crippen LogP contribution in [0.5, 0.6) is 0 Å². The molecule has 0 saturated carbocycles. The maximum Gasteiger partial charge on any atom is 0.254 e. The third-order valence-electron chi connectivity index (χ3n) is 4.67. The SMILES string of the molecule is O=C1C[C@@H](C(=O)N2CCc3c(nc[nH]c3=O)C2)c2cc(F)ccc2N1. The molecular weight excluding hydrogens is 327 g/mol. The number of nitrogens with zero attached hydrogens (tertiary/aromatic N) is 2. The third kappa shape index (κ3) is 2.69. The van der Waals surface area contributed by atoms with E-state index in [1.807, 2.05) is 0 Å². The number of aromatic amines is 1. The van der Waals surface area contributed by atoms with Crippen molar-refractivity contribution < 1.29 is 14.0 Å². The Bertz CT molecular complexity index is 940. The molecule has 2 aliphatic rings. The number of halogens is 1. The van der Waals surface area contributed by atoms with E-state index in [2.05, 4.69) is 15.3 Å². The van der Waals surface area contributed by atoms with E-state index in [0.29, 0.717) is 35.5 Å². The van der Waals surface area contributed by atoms with Crippen LogP contribution in [0.25, 0.3) is 0 Å². The molecule has 0 fully saturated rings. The van der Waals surface area contributed by atoms with Crippen LogP contribution in [-0.4, -0.2) is 33.2 Å². The van der Waals surface area contributed by atoms with Gasteiger partial charge in [0.2, 0.25) is 11.8 Å². The Labute approximate surface area is 141 Å². The summed E-state index contributed by atoms with van der Waals surface area (Å²) >= 11 is 0. The number of hydrogen-bond donors (Lipinski definition) is 2. The second kappa shape index (κ2) is 5.80. The highest BCUT2D eigenvalue weighted by Crippen LogP contribution is 2.34. The van der Waals surface area contributed by atoms with Gasteiger partial charge in [0.25, 0.3) is 5.56 Å². The zero-order valence-corrected chi connectivity index (χ0v) is 13.2. The van der Waals surface area contributed by atoms with Crippen LogP contribution >= 0.6 is 0 Å². The van der Waals surface area contributed by atoms with Crippen LogP contribution in [0.4, 0.5) is 10.1 Å². The molecule has 0 spiro atoms. The van der Waals surface area contributed by atoms with E-state index in [4.69, 9.17) is 0 Å². The summed E-state index contributed by atoms with van der Waals surface area (Å²) in [4.78, 5) is 44.9. The van der Waals surface area contributed by atoms with E-state index >= 15 is 0 Å². The van der Waals surface area contributed by atoms with Gasteiger partial charge in [0.1, 0.15) is 5.82 Å². The van der Waals surface area contributed by atoms with Crippen molar-refractivity contribution in [2.75, 3.05) is 11.9 Å². The van der Waals surface area contributed by atoms with Gasteiger partial charge in [0.15, 0.2) is 0 Å². The topological polar surface area (TPSA) is 95.2 Å². The highest BCUT2D eigenvalue weighted by atomic mass is 19.1. The van der Waals surface area contributed by atoms with Crippen LogP contribution in [0.15, 0.2) is 29.3 Å². The quantitative estimate of drug-likeness (QED) is 0.806. The lowest BCUT2D eigenvalue weighted by Gasteiger charge is -2.33. The minimum atomic E-state index is -0.733. The molecule has 128 valence electrons. The third-order valence-corrected chi connectivity index (χ3v) is 4.67. The molecule has 2 aliphatic heterocycles. The lowest BCUT2D eigenvalue weighted by molar-refractivity contribution is -0.135. The molecule has 8 heteroatoms. The minimum Gasteiger partial charge on any atom is -0.336 e. The van der Waals surface area contributed by atoms with E-state index in [1.165, 1.54) is 24.5 Å². The standard InChI is InChI=1S/C17H15FN4O3/c18-9-1-2-13-11(5-9)12(6-15(23)21-13)17(25)22-4-3-10-14(7-22)19-8-20-16(10)24/h1-2,5,8,12H,3-4,6-7H2,(H,21,23)(H,19,20,24)/t12-/m1/s1. The predicted molar refractivity (Wildman–Crippen MR) is 86.4 cm³/mol. The van der Waals surface area contributed by atoms with Crippen molar-refractivity contribution in [3.8, 4) is 0 Å². The summed E-state index contributed by atoms with van der Waals surface area (Å²) in [5.41, 5.74) is 1.89. The Hall–Kier alpha value is -3.03. The number of fused-ring (bicyclic) bond motifs is 2. The van der Waals surface area contributed by atoms with Gasteiger partial charge in [0.05, 0.1) is 24.5 Å². The fourth-order valence-corrected chi connectivity index (χ4v) is 3.43. The van der Waals surface area contributed by atoms with Crippen molar-refractivity contribution >= 4 is 17.5 Å². The molecule has 1 atom stereocenters. The number of carbonyl (C=O) groups is 2. The van der Waals surface area contributed by atoms with Crippen LogP contribution < -0.4 is 10.9 Å². The number of aromatic nitrogens is 2. The Morgan fingerprint density at radius 1 is 1.32 bits per heavy atom. The van der Waals surface area contributed by atoms with Gasteiger partial charge in [-0.15, -0.1) is 0 Å². The molecule has 0 aliphatic carbocycles. The number of rotatable bonds is 1. The molecule has 3 heterocycles. The van der Waals surface area contributed by atoms with Gasteiger partial charge < -0.3 is 15.2 Å². The zero-order valence-electron chi connectivity index (χ0n) is 13.2. The maximum absolute atomic E-state index is 13.6. The lowest BCUT2D eigenvalue weighted by atomic mass is 9.88. The van der Waals surface area contributed by atoms with E-state index < -0.39 is 11.7 Å². The first kappa shape index (κ1) is 15.5. The fraction of sp³-hybridized carbons (Fsp3) is 0.294. The summed E-state index contributed by atoms with van der Waals surface area (Å²) in [5.74, 6) is -1.72. The minimum absolute atomic E-state index is 0.0263. The van der Waals surface area contributed by atoms with Crippen LogP contribution in [0.2, 0.25) is 0 Å². The summed E-state index contributed by atoms with van der Waals surface area (Å²) in [6.45, 7) is 0.574. The molecule has 25 heavy (non-hydrogen) atoms. The van der Waals surface area contributed by atoms with Crippen LogP contribution in [0.1, 0.15) is 29.2 Å². The summed E-state index contributed by atoms with van der Waals surface area (Å²) in [6, 6.07) is 4.01. The molecule has 0 unspecified atom stereocenters. The average Bonchev–Trinajstić information content (AvgIpc) is 2.61. The van der Waals surface area contributed by atoms with E-state index in [0.717, 1.165) is 0 Å². The molecule has 1 aromatic heterocycles. The van der Waals surface area contributed by atoms with Gasteiger partial charge >= 0.3 is 0 Å². The summed E-state index contributed by atoms with van der Waals surface area (Å²) in [5, 5.41) is 2.66. The van der Waals surface area contributed by atoms with Crippen molar-refractivity contribution in [2.45, 2.75) is 25.3 Å². The summed E-state index contributed by atoms with van der Waals surface area (Å²) in [6.07, 6.45) is 1.69. The van der Waals surface area contributed by atoms with Crippen LogP contribution in [0, 0.1) is 5.82 Å². The van der Waals surface area contributed by atoms with Crippen molar-refractivity contribution in [1.82, 2.24) is 14.9 Å². The van der Waals surface area contributed by atoms with Gasteiger partial charge in [-0.05, 0) is 30.2 Å². The number of H-pyrrole nitrogens is 1. The molecule has 2 amide bonds. The predicted octanol–water partition coefficient (Wildman–Crippen LogP) is 0.920. The van der Waals surface area contributed by atoms with E-state index in [-0.39, 0.29) is 30.3 Å². The fourth-order valence-electron chi connectivity index (χ4n) is 3.43. The van der Waals surface area contributed by atoms with Gasteiger partial charge in [-0.2, -0.15) is 0 Å². The van der Waals surface area contributed by atoms with Crippen molar-refractivity contribution in [2.24, 2.45) is 0 Å². The number of benzene rings is 1. The Kier molecular flexibility index (Phi) is 3.60. The Morgan fingerprint density at radius 3 is 3.00 bits per heavy atom. The molecule has 4 rings (SSSR count). The van der Waals surface area contributed by atoms with E-state index in [9.17, 15) is 18.8 Å². The monoisotopic (exact) mass is 342 g/mol. The Balaban J connectivity index is 1.65. The largest absolute Gasteiger partial charge is 0.336 e. The van der Waals surface area contributed by atoms with Gasteiger partial charge in [-0.1, -0.05) is 0 Å². The van der Waals surface area contributed by atoms with Crippen molar-refractivity contribution in [3.05, 3.63) is 57.5 Å². The van der Waals surface area contributed by atoms with Gasteiger partial charge in [0, 0.05) is 24.2 Å². The summed E-state index contributed by atoms with van der Waals surface area (Å²) < 4.78 is 13.6. The molecule has 0 saturated heterocycles. The van der Waals surface area contributed by atoms with Gasteiger partial charge in [-0.3, -0.25) is 14.4 Å². The molecule has 0 bridgehead atoms. The van der Waals surface area contributed by atoms with E-state index in [1.54, 1.807) is 4.90 Å². The van der Waals surface area contributed by atoms with Gasteiger partial charge in [-0.25, -0.2) is 9.37 Å². The summed E-state index contributed by atoms with van der Waals surface area (Å²) in [7, 11) is 0. The number of anilines is 1. The zero-order chi connectivity index (χ0) is 17.6. The highest BCUT2D eigenvalue weighted by molar-refractivity contribution is 6.01. The first-order chi connectivity index (χ1) is 12.0. The maximum atomic E-state index is 13.6. The smallest absolute Gasteiger partial charge is 0.254 e. The Morgan fingerprint density at radius 2 is 2.16 bits per heavy atom. The van der Waals surface area contributed by atoms with Crippen molar-refractivity contribution in [3.63, 3.8) is 0 Å². The first-order valence-electron chi connectivity index (χ1n) is 7.96. The molecule has 1 aromatic carbocycles. The molecule has 7 nitrogen and oxygen atoms in total. The second-order valence-electron chi connectivity index (χ2n) is 6.20. The van der Waals surface area contributed by atoms with Crippen LogP contribution in [-0.2, 0) is 22.6 Å². The number of amides is 2. The average molecular weight is 342 g/mol. The lowest BCUT2D eigenvalue weighted by Crippen LogP contribution is -2.43. The normalized spacial score (nSPS) is 19.0. The molecule has 2 aromatic rings. The number of nitrogens with one attached hydrogen (secondary N) is 2. The first-order valence-corrected chi connectivity index (χ1v) is 7.96. The molecule has 2 N–H and O–H groups in total. The van der Waals surface area contributed by atoms with Crippen LogP contribution in [0.3, 0.4) is 0 Å². The molecular formula is C17H15FN4O3. The molecule has 0 radical (unpaired) electrons. The number of carbonyl (C=O) groups excluding carboxylic acids is 2. The second-order valence-corrected chi connectivity index (χ2v) is 6.20.